The fourth-order valence-corrected chi connectivity index (χ4v) is 2.23. The number of hydrogen-bond donors (Lipinski definition) is 1. The van der Waals surface area contributed by atoms with Crippen LogP contribution >= 0.6 is 0 Å². The summed E-state index contributed by atoms with van der Waals surface area (Å²) in [7, 11) is 1.84. The van der Waals surface area contributed by atoms with E-state index in [1.807, 2.05) is 7.11 Å². The predicted molar refractivity (Wildman–Crippen MR) is 56.0 cm³/mol. The molecule has 0 aromatic carbocycles. The van der Waals surface area contributed by atoms with Crippen molar-refractivity contribution in [2.24, 2.45) is 0 Å². The molecule has 0 aromatic heterocycles. The van der Waals surface area contributed by atoms with E-state index in [0.717, 1.165) is 6.54 Å². The molecular formula is C11H23NO. The number of nitrogens with one attached hydrogen (secondary N) is 1. The van der Waals surface area contributed by atoms with Crippen molar-refractivity contribution in [2.75, 3.05) is 13.7 Å². The van der Waals surface area contributed by atoms with E-state index in [2.05, 4.69) is 12.2 Å². The van der Waals surface area contributed by atoms with Crippen LogP contribution in [0.3, 0.4) is 0 Å². The molecule has 0 aromatic rings. The lowest BCUT2D eigenvalue weighted by atomic mass is 9.94. The van der Waals surface area contributed by atoms with Crippen LogP contribution in [0.25, 0.3) is 0 Å². The Kier molecular flexibility index (Phi) is 5.40. The zero-order valence-corrected chi connectivity index (χ0v) is 9.01. The summed E-state index contributed by atoms with van der Waals surface area (Å²) in [5.74, 6) is 0. The van der Waals surface area contributed by atoms with E-state index in [4.69, 9.17) is 4.74 Å². The molecule has 1 N–H and O–H groups in total. The number of methoxy groups -OCH3 is 1. The van der Waals surface area contributed by atoms with Crippen LogP contribution in [0.1, 0.15) is 45.4 Å². The third-order valence-electron chi connectivity index (χ3n) is 2.97. The zero-order valence-electron chi connectivity index (χ0n) is 9.01. The second-order valence-corrected chi connectivity index (χ2v) is 3.93. The normalized spacial score (nSPS) is 30.9. The third-order valence-corrected chi connectivity index (χ3v) is 2.97. The average Bonchev–Trinajstić information content (AvgIpc) is 2.10. The van der Waals surface area contributed by atoms with E-state index in [1.165, 1.54) is 38.5 Å². The Bertz CT molecular complexity index is 127. The lowest BCUT2D eigenvalue weighted by Crippen LogP contribution is -2.41. The van der Waals surface area contributed by atoms with Crippen molar-refractivity contribution >= 4 is 0 Å². The summed E-state index contributed by atoms with van der Waals surface area (Å²) in [5, 5.41) is 3.53. The maximum absolute atomic E-state index is 5.53. The fraction of sp³-hybridized carbons (Fsp3) is 1.00. The standard InChI is InChI=1S/C11H23NO/c1-3-12-10-8-6-4-5-7-9-11(10)13-2/h10-12H,3-9H2,1-2H3/t10-,11-/m0/s1. The van der Waals surface area contributed by atoms with Crippen LogP contribution in [0.5, 0.6) is 0 Å². The van der Waals surface area contributed by atoms with Crippen molar-refractivity contribution in [3.05, 3.63) is 0 Å². The van der Waals surface area contributed by atoms with Gasteiger partial charge in [0.2, 0.25) is 0 Å². The highest BCUT2D eigenvalue weighted by atomic mass is 16.5. The van der Waals surface area contributed by atoms with Gasteiger partial charge in [-0.3, -0.25) is 0 Å². The molecule has 0 unspecified atom stereocenters. The van der Waals surface area contributed by atoms with E-state index in [0.29, 0.717) is 12.1 Å². The smallest absolute Gasteiger partial charge is 0.0724 e. The van der Waals surface area contributed by atoms with Crippen LogP contribution in [0.4, 0.5) is 0 Å². The van der Waals surface area contributed by atoms with Crippen LogP contribution < -0.4 is 5.32 Å². The summed E-state index contributed by atoms with van der Waals surface area (Å²) in [6.07, 6.45) is 8.44. The Morgan fingerprint density at radius 1 is 1.15 bits per heavy atom. The van der Waals surface area contributed by atoms with E-state index >= 15 is 0 Å². The molecule has 2 nitrogen and oxygen atoms in total. The van der Waals surface area contributed by atoms with Crippen LogP contribution in [-0.2, 0) is 4.74 Å². The number of ether oxygens (including phenoxy) is 1. The van der Waals surface area contributed by atoms with Gasteiger partial charge in [-0.05, 0) is 19.4 Å². The lowest BCUT2D eigenvalue weighted by Gasteiger charge is -2.28. The number of rotatable bonds is 3. The predicted octanol–water partition coefficient (Wildman–Crippen LogP) is 2.33. The summed E-state index contributed by atoms with van der Waals surface area (Å²) in [4.78, 5) is 0. The van der Waals surface area contributed by atoms with Crippen molar-refractivity contribution in [3.8, 4) is 0 Å². The first kappa shape index (κ1) is 11.0. The van der Waals surface area contributed by atoms with Crippen LogP contribution in [-0.4, -0.2) is 25.8 Å². The van der Waals surface area contributed by atoms with Crippen LogP contribution in [0.15, 0.2) is 0 Å². The fourth-order valence-electron chi connectivity index (χ4n) is 2.23. The Hall–Kier alpha value is -0.0800. The monoisotopic (exact) mass is 185 g/mol. The highest BCUT2D eigenvalue weighted by Crippen LogP contribution is 2.19. The van der Waals surface area contributed by atoms with Gasteiger partial charge in [-0.15, -0.1) is 0 Å². The second kappa shape index (κ2) is 6.39. The van der Waals surface area contributed by atoms with Crippen molar-refractivity contribution in [2.45, 2.75) is 57.6 Å². The van der Waals surface area contributed by atoms with Gasteiger partial charge in [-0.25, -0.2) is 0 Å². The second-order valence-electron chi connectivity index (χ2n) is 3.93. The van der Waals surface area contributed by atoms with Crippen LogP contribution in [0.2, 0.25) is 0 Å². The Balaban J connectivity index is 2.40. The number of likely N-dealkylation sites (N-methyl/N-ethyl adjacent to an activating group) is 1. The van der Waals surface area contributed by atoms with Crippen molar-refractivity contribution < 1.29 is 4.74 Å². The molecule has 13 heavy (non-hydrogen) atoms. The molecule has 2 heteroatoms. The Morgan fingerprint density at radius 3 is 2.46 bits per heavy atom. The van der Waals surface area contributed by atoms with Crippen molar-refractivity contribution in [1.29, 1.82) is 0 Å². The quantitative estimate of drug-likeness (QED) is 0.728. The summed E-state index contributed by atoms with van der Waals surface area (Å²) in [5.41, 5.74) is 0. The topological polar surface area (TPSA) is 21.3 Å². The van der Waals surface area contributed by atoms with Crippen molar-refractivity contribution in [3.63, 3.8) is 0 Å². The van der Waals surface area contributed by atoms with Gasteiger partial charge in [-0.2, -0.15) is 0 Å². The molecule has 0 spiro atoms. The first-order valence-electron chi connectivity index (χ1n) is 5.64. The molecule has 0 bridgehead atoms. The van der Waals surface area contributed by atoms with Gasteiger partial charge in [0.25, 0.3) is 0 Å². The van der Waals surface area contributed by atoms with E-state index in [-0.39, 0.29) is 0 Å². The molecule has 1 saturated carbocycles. The minimum Gasteiger partial charge on any atom is -0.380 e. The average molecular weight is 185 g/mol. The Morgan fingerprint density at radius 2 is 1.85 bits per heavy atom. The van der Waals surface area contributed by atoms with Gasteiger partial charge < -0.3 is 10.1 Å². The van der Waals surface area contributed by atoms with Gasteiger partial charge in [0.1, 0.15) is 0 Å². The molecule has 1 fully saturated rings. The summed E-state index contributed by atoms with van der Waals surface area (Å²) >= 11 is 0. The first-order chi connectivity index (χ1) is 6.38. The maximum atomic E-state index is 5.53. The van der Waals surface area contributed by atoms with Gasteiger partial charge in [0.15, 0.2) is 0 Å². The van der Waals surface area contributed by atoms with Crippen LogP contribution in [0, 0.1) is 0 Å². The van der Waals surface area contributed by atoms with E-state index in [1.54, 1.807) is 0 Å². The molecular weight excluding hydrogens is 162 g/mol. The molecule has 0 heterocycles. The molecule has 0 radical (unpaired) electrons. The maximum Gasteiger partial charge on any atom is 0.0724 e. The van der Waals surface area contributed by atoms with E-state index < -0.39 is 0 Å². The SMILES string of the molecule is CCN[C@H]1CCCCCC[C@@H]1OC. The zero-order chi connectivity index (χ0) is 9.52. The third kappa shape index (κ3) is 3.65. The molecule has 2 atom stereocenters. The van der Waals surface area contributed by atoms with Gasteiger partial charge in [0.05, 0.1) is 6.10 Å². The molecule has 78 valence electrons. The molecule has 1 aliphatic rings. The lowest BCUT2D eigenvalue weighted by molar-refractivity contribution is 0.0524. The molecule has 0 saturated heterocycles. The molecule has 1 rings (SSSR count). The summed E-state index contributed by atoms with van der Waals surface area (Å²) in [6.45, 7) is 3.23. The molecule has 0 amide bonds. The van der Waals surface area contributed by atoms with Gasteiger partial charge in [-0.1, -0.05) is 32.6 Å². The first-order valence-corrected chi connectivity index (χ1v) is 5.64. The minimum absolute atomic E-state index is 0.445. The van der Waals surface area contributed by atoms with Crippen molar-refractivity contribution in [1.82, 2.24) is 5.32 Å². The van der Waals surface area contributed by atoms with Gasteiger partial charge >= 0.3 is 0 Å². The minimum atomic E-state index is 0.445. The highest BCUT2D eigenvalue weighted by Gasteiger charge is 2.20. The summed E-state index contributed by atoms with van der Waals surface area (Å²) < 4.78 is 5.53. The largest absolute Gasteiger partial charge is 0.380 e. The molecule has 0 aliphatic heterocycles. The highest BCUT2D eigenvalue weighted by molar-refractivity contribution is 4.78. The number of hydrogen-bond acceptors (Lipinski definition) is 2. The summed E-state index contributed by atoms with van der Waals surface area (Å²) in [6, 6.07) is 0.593. The van der Waals surface area contributed by atoms with E-state index in [9.17, 15) is 0 Å². The Labute approximate surface area is 82.0 Å². The molecule has 1 aliphatic carbocycles. The van der Waals surface area contributed by atoms with Gasteiger partial charge in [0, 0.05) is 13.2 Å².